The zero-order valence-corrected chi connectivity index (χ0v) is 16.4. The average Bonchev–Trinajstić information content (AvgIpc) is 2.74. The molecule has 0 aromatic heterocycles. The molecular weight excluding hydrogens is 403 g/mol. The number of halogens is 3. The van der Waals surface area contributed by atoms with Crippen molar-refractivity contribution in [1.82, 2.24) is 5.32 Å². The fourth-order valence-corrected chi connectivity index (χ4v) is 2.71. The third kappa shape index (κ3) is 5.53. The molecule has 160 valence electrons. The van der Waals surface area contributed by atoms with Gasteiger partial charge in [-0.3, -0.25) is 4.79 Å². The maximum atomic E-state index is 13.3. The van der Waals surface area contributed by atoms with Gasteiger partial charge in [0.1, 0.15) is 0 Å². The minimum atomic E-state index is -4.71. The Morgan fingerprint density at radius 2 is 1.67 bits per heavy atom. The Morgan fingerprint density at radius 1 is 1.00 bits per heavy atom. The molecule has 0 bridgehead atoms. The van der Waals surface area contributed by atoms with Crippen molar-refractivity contribution in [3.05, 3.63) is 65.2 Å². The number of hydrogen-bond donors (Lipinski definition) is 1. The van der Waals surface area contributed by atoms with Crippen LogP contribution in [0.4, 0.5) is 13.2 Å². The predicted octanol–water partition coefficient (Wildman–Crippen LogP) is 3.77. The highest BCUT2D eigenvalue weighted by Crippen LogP contribution is 2.35. The second kappa shape index (κ2) is 9.82. The second-order valence-electron chi connectivity index (χ2n) is 6.00. The number of carbonyl (C=O) groups excluding carboxylic acids is 2. The number of benzene rings is 2. The summed E-state index contributed by atoms with van der Waals surface area (Å²) in [6, 6.07) is 7.75. The van der Waals surface area contributed by atoms with E-state index in [1.807, 2.05) is 0 Å². The van der Waals surface area contributed by atoms with Gasteiger partial charge in [-0.25, -0.2) is 4.79 Å². The van der Waals surface area contributed by atoms with Crippen molar-refractivity contribution in [3.63, 3.8) is 0 Å². The molecule has 2 rings (SSSR count). The summed E-state index contributed by atoms with van der Waals surface area (Å²) in [6.07, 6.45) is -2.20. The maximum absolute atomic E-state index is 13.3. The van der Waals surface area contributed by atoms with Gasteiger partial charge in [0.25, 0.3) is 0 Å². The van der Waals surface area contributed by atoms with Crippen LogP contribution >= 0.6 is 0 Å². The van der Waals surface area contributed by atoms with Gasteiger partial charge in [-0.05, 0) is 35.4 Å². The molecule has 0 aliphatic heterocycles. The summed E-state index contributed by atoms with van der Waals surface area (Å²) < 4.78 is 54.8. The Kier molecular flexibility index (Phi) is 7.46. The normalized spacial score (nSPS) is 12.3. The van der Waals surface area contributed by atoms with Crippen LogP contribution in [-0.4, -0.2) is 33.2 Å². The van der Waals surface area contributed by atoms with Crippen molar-refractivity contribution in [2.45, 2.75) is 12.2 Å². The lowest BCUT2D eigenvalue weighted by Gasteiger charge is -2.20. The fraction of sp³-hybridized carbons (Fsp3) is 0.238. The number of carbonyl (C=O) groups is 2. The lowest BCUT2D eigenvalue weighted by atomic mass is 9.99. The van der Waals surface area contributed by atoms with Crippen LogP contribution in [0.1, 0.15) is 22.7 Å². The van der Waals surface area contributed by atoms with Crippen molar-refractivity contribution in [3.8, 4) is 11.5 Å². The summed E-state index contributed by atoms with van der Waals surface area (Å²) in [7, 11) is 3.96. The average molecular weight is 423 g/mol. The van der Waals surface area contributed by atoms with E-state index < -0.39 is 35.2 Å². The van der Waals surface area contributed by atoms with E-state index in [0.29, 0.717) is 17.1 Å². The fourth-order valence-electron chi connectivity index (χ4n) is 2.71. The molecule has 0 aliphatic carbocycles. The number of amides is 1. The first-order chi connectivity index (χ1) is 14.2. The van der Waals surface area contributed by atoms with Gasteiger partial charge in [0.2, 0.25) is 5.91 Å². The summed E-state index contributed by atoms with van der Waals surface area (Å²) in [4.78, 5) is 24.4. The maximum Gasteiger partial charge on any atom is 0.416 e. The van der Waals surface area contributed by atoms with Crippen LogP contribution in [0.3, 0.4) is 0 Å². The van der Waals surface area contributed by atoms with Crippen LogP contribution in [0.25, 0.3) is 6.08 Å². The number of rotatable bonds is 7. The van der Waals surface area contributed by atoms with Gasteiger partial charge < -0.3 is 19.5 Å². The summed E-state index contributed by atoms with van der Waals surface area (Å²) in [6.45, 7) is 0. The summed E-state index contributed by atoms with van der Waals surface area (Å²) in [5.41, 5.74) is -0.873. The summed E-state index contributed by atoms with van der Waals surface area (Å²) in [5.74, 6) is -0.878. The Hall–Kier alpha value is -3.49. The van der Waals surface area contributed by atoms with Crippen LogP contribution in [0.5, 0.6) is 11.5 Å². The first-order valence-corrected chi connectivity index (χ1v) is 8.65. The standard InChI is InChI=1S/C21H20F3NO5/c1-28-16-10-8-13(12-17(16)29-2)9-11-18(26)25-19(20(27)30-3)14-6-4-5-7-15(14)21(22,23)24/h4-12,19H,1-3H3,(H,25,26). The highest BCUT2D eigenvalue weighted by atomic mass is 19.4. The molecular formula is C21H20F3NO5. The highest BCUT2D eigenvalue weighted by Gasteiger charge is 2.37. The molecule has 9 heteroatoms. The summed E-state index contributed by atoms with van der Waals surface area (Å²) in [5, 5.41) is 2.26. The van der Waals surface area contributed by atoms with Crippen LogP contribution in [-0.2, 0) is 20.5 Å². The van der Waals surface area contributed by atoms with Crippen LogP contribution in [0, 0.1) is 0 Å². The Morgan fingerprint density at radius 3 is 2.27 bits per heavy atom. The van der Waals surface area contributed by atoms with E-state index >= 15 is 0 Å². The first-order valence-electron chi connectivity index (χ1n) is 8.65. The van der Waals surface area contributed by atoms with Crippen molar-refractivity contribution >= 4 is 18.0 Å². The Bertz CT molecular complexity index is 940. The van der Waals surface area contributed by atoms with Crippen molar-refractivity contribution < 1.29 is 37.0 Å². The number of hydrogen-bond acceptors (Lipinski definition) is 5. The second-order valence-corrected chi connectivity index (χ2v) is 6.00. The van der Waals surface area contributed by atoms with E-state index in [4.69, 9.17) is 9.47 Å². The Balaban J connectivity index is 2.28. The largest absolute Gasteiger partial charge is 0.493 e. The molecule has 0 fully saturated rings. The van der Waals surface area contributed by atoms with Crippen molar-refractivity contribution in [1.29, 1.82) is 0 Å². The van der Waals surface area contributed by atoms with Crippen LogP contribution < -0.4 is 14.8 Å². The number of nitrogens with one attached hydrogen (secondary N) is 1. The lowest BCUT2D eigenvalue weighted by Crippen LogP contribution is -2.34. The van der Waals surface area contributed by atoms with Crippen molar-refractivity contribution in [2.75, 3.05) is 21.3 Å². The smallest absolute Gasteiger partial charge is 0.416 e. The molecule has 6 nitrogen and oxygen atoms in total. The Labute approximate surface area is 171 Å². The highest BCUT2D eigenvalue weighted by molar-refractivity contribution is 5.95. The van der Waals surface area contributed by atoms with Gasteiger partial charge in [-0.1, -0.05) is 24.3 Å². The number of methoxy groups -OCH3 is 3. The zero-order valence-electron chi connectivity index (χ0n) is 16.4. The van der Waals surface area contributed by atoms with E-state index in [2.05, 4.69) is 10.1 Å². The molecule has 0 radical (unpaired) electrons. The molecule has 0 saturated heterocycles. The van der Waals surface area contributed by atoms with Crippen molar-refractivity contribution in [2.24, 2.45) is 0 Å². The minimum absolute atomic E-state index is 0.412. The monoisotopic (exact) mass is 423 g/mol. The van der Waals surface area contributed by atoms with Gasteiger partial charge in [0.05, 0.1) is 26.9 Å². The minimum Gasteiger partial charge on any atom is -0.493 e. The number of esters is 1. The van der Waals surface area contributed by atoms with Gasteiger partial charge in [0.15, 0.2) is 17.5 Å². The molecule has 0 spiro atoms. The molecule has 0 saturated carbocycles. The van der Waals surface area contributed by atoms with E-state index in [0.717, 1.165) is 25.3 Å². The molecule has 1 unspecified atom stereocenters. The quantitative estimate of drug-likeness (QED) is 0.542. The molecule has 30 heavy (non-hydrogen) atoms. The molecule has 0 heterocycles. The summed E-state index contributed by atoms with van der Waals surface area (Å²) >= 11 is 0. The molecule has 2 aromatic carbocycles. The van der Waals surface area contributed by atoms with Crippen LogP contribution in [0.2, 0.25) is 0 Å². The van der Waals surface area contributed by atoms with Gasteiger partial charge >= 0.3 is 12.1 Å². The van der Waals surface area contributed by atoms with Crippen LogP contribution in [0.15, 0.2) is 48.5 Å². The number of alkyl halides is 3. The first kappa shape index (κ1) is 22.8. The van der Waals surface area contributed by atoms with Gasteiger partial charge in [0, 0.05) is 6.08 Å². The predicted molar refractivity (Wildman–Crippen MR) is 103 cm³/mol. The van der Waals surface area contributed by atoms with E-state index in [1.54, 1.807) is 18.2 Å². The van der Waals surface area contributed by atoms with Gasteiger partial charge in [-0.15, -0.1) is 0 Å². The molecule has 0 aliphatic rings. The molecule has 1 atom stereocenters. The van der Waals surface area contributed by atoms with E-state index in [1.165, 1.54) is 32.4 Å². The zero-order chi connectivity index (χ0) is 22.3. The number of ether oxygens (including phenoxy) is 3. The molecule has 1 amide bonds. The lowest BCUT2D eigenvalue weighted by molar-refractivity contribution is -0.146. The SMILES string of the molecule is COC(=O)C(NC(=O)C=Cc1ccc(OC)c(OC)c1)c1ccccc1C(F)(F)F. The third-order valence-corrected chi connectivity index (χ3v) is 4.14. The van der Waals surface area contributed by atoms with E-state index in [-0.39, 0.29) is 0 Å². The van der Waals surface area contributed by atoms with Gasteiger partial charge in [-0.2, -0.15) is 13.2 Å². The molecule has 2 aromatic rings. The third-order valence-electron chi connectivity index (χ3n) is 4.14. The topological polar surface area (TPSA) is 73.9 Å². The van der Waals surface area contributed by atoms with E-state index in [9.17, 15) is 22.8 Å². The molecule has 1 N–H and O–H groups in total.